The highest BCUT2D eigenvalue weighted by Crippen LogP contribution is 2.15. The Hall–Kier alpha value is -1.24. The van der Waals surface area contributed by atoms with Gasteiger partial charge in [0.25, 0.3) is 0 Å². The van der Waals surface area contributed by atoms with Gasteiger partial charge in [-0.2, -0.15) is 0 Å². The van der Waals surface area contributed by atoms with Crippen molar-refractivity contribution >= 4 is 5.76 Å². The summed E-state index contributed by atoms with van der Waals surface area (Å²) in [6.07, 6.45) is 1.25. The molecule has 1 atom stereocenters. The minimum Gasteiger partial charge on any atom is -0.491 e. The maximum atomic E-state index is 5.59. The molecule has 0 aromatic heterocycles. The Labute approximate surface area is 80.0 Å². The molecule has 0 spiro atoms. The van der Waals surface area contributed by atoms with Crippen LogP contribution in [-0.2, 0) is 4.74 Å². The molecule has 0 bridgehead atoms. The fraction of sp³-hybridized carbons (Fsp3) is 0.333. The molecule has 70 valence electrons. The average Bonchev–Trinajstić information content (AvgIpc) is 2.19. The molecule has 0 aliphatic heterocycles. The maximum Gasteiger partial charge on any atom is 0.119 e. The van der Waals surface area contributed by atoms with Crippen molar-refractivity contribution in [3.63, 3.8) is 0 Å². The van der Waals surface area contributed by atoms with E-state index in [1.807, 2.05) is 37.3 Å². The van der Waals surface area contributed by atoms with E-state index in [1.165, 1.54) is 0 Å². The summed E-state index contributed by atoms with van der Waals surface area (Å²) in [6.45, 7) is 8.04. The van der Waals surface area contributed by atoms with Crippen LogP contribution in [0.2, 0.25) is 0 Å². The Balaban J connectivity index is 2.59. The van der Waals surface area contributed by atoms with Crippen LogP contribution in [0.5, 0.6) is 0 Å². The monoisotopic (exact) mass is 176 g/mol. The number of hydrogen-bond donors (Lipinski definition) is 0. The van der Waals surface area contributed by atoms with Crippen molar-refractivity contribution in [2.75, 3.05) is 0 Å². The Morgan fingerprint density at radius 2 is 2.00 bits per heavy atom. The molecule has 1 nitrogen and oxygen atoms in total. The van der Waals surface area contributed by atoms with E-state index in [9.17, 15) is 0 Å². The summed E-state index contributed by atoms with van der Waals surface area (Å²) in [7, 11) is 0. The summed E-state index contributed by atoms with van der Waals surface area (Å²) in [5.74, 6) is 0.759. The molecule has 1 rings (SSSR count). The van der Waals surface area contributed by atoms with Gasteiger partial charge < -0.3 is 4.74 Å². The van der Waals surface area contributed by atoms with E-state index in [4.69, 9.17) is 4.74 Å². The molecule has 13 heavy (non-hydrogen) atoms. The van der Waals surface area contributed by atoms with Crippen LogP contribution in [0.1, 0.15) is 25.8 Å². The molecule has 0 aliphatic carbocycles. The van der Waals surface area contributed by atoms with Crippen molar-refractivity contribution in [2.45, 2.75) is 26.4 Å². The highest BCUT2D eigenvalue weighted by atomic mass is 16.5. The second kappa shape index (κ2) is 4.70. The largest absolute Gasteiger partial charge is 0.491 e. The fourth-order valence-electron chi connectivity index (χ4n) is 1.02. The van der Waals surface area contributed by atoms with Crippen molar-refractivity contribution < 1.29 is 4.74 Å². The van der Waals surface area contributed by atoms with Crippen molar-refractivity contribution in [1.82, 2.24) is 0 Å². The van der Waals surface area contributed by atoms with E-state index in [-0.39, 0.29) is 6.10 Å². The Kier molecular flexibility index (Phi) is 3.56. The first-order valence-corrected chi connectivity index (χ1v) is 4.65. The van der Waals surface area contributed by atoms with Crippen LogP contribution in [0, 0.1) is 0 Å². The van der Waals surface area contributed by atoms with Gasteiger partial charge in [0.05, 0.1) is 6.10 Å². The lowest BCUT2D eigenvalue weighted by atomic mass is 10.2. The predicted molar refractivity (Wildman–Crippen MR) is 56.3 cm³/mol. The number of rotatable bonds is 4. The highest BCUT2D eigenvalue weighted by Gasteiger charge is 2.02. The Bertz CT molecular complexity index is 264. The smallest absolute Gasteiger partial charge is 0.119 e. The van der Waals surface area contributed by atoms with Crippen LogP contribution in [0.15, 0.2) is 36.9 Å². The molecular formula is C12H16O. The third kappa shape index (κ3) is 2.94. The van der Waals surface area contributed by atoms with Crippen molar-refractivity contribution in [2.24, 2.45) is 0 Å². The van der Waals surface area contributed by atoms with Gasteiger partial charge in [0.15, 0.2) is 0 Å². The van der Waals surface area contributed by atoms with Crippen LogP contribution in [0.3, 0.4) is 0 Å². The molecule has 1 heteroatoms. The predicted octanol–water partition coefficient (Wildman–Crippen LogP) is 3.47. The summed E-state index contributed by atoms with van der Waals surface area (Å²) in [6, 6.07) is 9.97. The Morgan fingerprint density at radius 1 is 1.38 bits per heavy atom. The Morgan fingerprint density at radius 3 is 2.54 bits per heavy atom. The summed E-state index contributed by atoms with van der Waals surface area (Å²) >= 11 is 0. The van der Waals surface area contributed by atoms with Gasteiger partial charge in [0, 0.05) is 5.56 Å². The van der Waals surface area contributed by atoms with E-state index in [1.54, 1.807) is 0 Å². The van der Waals surface area contributed by atoms with Gasteiger partial charge in [0.2, 0.25) is 0 Å². The van der Waals surface area contributed by atoms with Crippen LogP contribution in [-0.4, -0.2) is 6.10 Å². The topological polar surface area (TPSA) is 9.23 Å². The van der Waals surface area contributed by atoms with Crippen LogP contribution in [0.25, 0.3) is 5.76 Å². The van der Waals surface area contributed by atoms with Gasteiger partial charge in [-0.15, -0.1) is 0 Å². The first kappa shape index (κ1) is 9.85. The zero-order valence-corrected chi connectivity index (χ0v) is 8.29. The van der Waals surface area contributed by atoms with Gasteiger partial charge in [-0.25, -0.2) is 0 Å². The third-order valence-corrected chi connectivity index (χ3v) is 2.01. The standard InChI is InChI=1S/C12H16O/c1-4-10(2)13-11(3)12-8-6-5-7-9-12/h5-10H,3-4H2,1-2H3/t10-/m0/s1. The molecule has 1 aromatic carbocycles. The zero-order valence-electron chi connectivity index (χ0n) is 8.29. The molecule has 0 fully saturated rings. The van der Waals surface area contributed by atoms with Gasteiger partial charge in [-0.05, 0) is 13.3 Å². The average molecular weight is 176 g/mol. The molecule has 0 amide bonds. The summed E-state index contributed by atoms with van der Waals surface area (Å²) in [5, 5.41) is 0. The van der Waals surface area contributed by atoms with Crippen LogP contribution >= 0.6 is 0 Å². The van der Waals surface area contributed by atoms with Gasteiger partial charge in [-0.1, -0.05) is 43.8 Å². The zero-order chi connectivity index (χ0) is 9.68. The normalized spacial score (nSPS) is 12.2. The van der Waals surface area contributed by atoms with Gasteiger partial charge in [-0.3, -0.25) is 0 Å². The molecule has 0 saturated carbocycles. The van der Waals surface area contributed by atoms with E-state index < -0.39 is 0 Å². The quantitative estimate of drug-likeness (QED) is 0.638. The SMILES string of the molecule is C=C(O[C@@H](C)CC)c1ccccc1. The minimum absolute atomic E-state index is 0.243. The van der Waals surface area contributed by atoms with E-state index in [0.717, 1.165) is 17.7 Å². The molecule has 0 heterocycles. The van der Waals surface area contributed by atoms with Crippen molar-refractivity contribution in [3.8, 4) is 0 Å². The summed E-state index contributed by atoms with van der Waals surface area (Å²) < 4.78 is 5.59. The van der Waals surface area contributed by atoms with E-state index in [0.29, 0.717) is 0 Å². The summed E-state index contributed by atoms with van der Waals surface area (Å²) in [4.78, 5) is 0. The lowest BCUT2D eigenvalue weighted by Gasteiger charge is -2.14. The first-order valence-electron chi connectivity index (χ1n) is 4.65. The van der Waals surface area contributed by atoms with Gasteiger partial charge >= 0.3 is 0 Å². The lowest BCUT2D eigenvalue weighted by Crippen LogP contribution is -2.04. The van der Waals surface area contributed by atoms with E-state index in [2.05, 4.69) is 13.5 Å². The summed E-state index contributed by atoms with van der Waals surface area (Å²) in [5.41, 5.74) is 1.06. The van der Waals surface area contributed by atoms with Crippen molar-refractivity contribution in [3.05, 3.63) is 42.5 Å². The fourth-order valence-corrected chi connectivity index (χ4v) is 1.02. The molecule has 0 saturated heterocycles. The molecule has 0 N–H and O–H groups in total. The highest BCUT2D eigenvalue weighted by molar-refractivity contribution is 5.57. The molecule has 0 unspecified atom stereocenters. The number of ether oxygens (including phenoxy) is 1. The van der Waals surface area contributed by atoms with Crippen molar-refractivity contribution in [1.29, 1.82) is 0 Å². The van der Waals surface area contributed by atoms with Gasteiger partial charge in [0.1, 0.15) is 5.76 Å². The molecular weight excluding hydrogens is 160 g/mol. The third-order valence-electron chi connectivity index (χ3n) is 2.01. The second-order valence-electron chi connectivity index (χ2n) is 3.13. The second-order valence-corrected chi connectivity index (χ2v) is 3.13. The van der Waals surface area contributed by atoms with Crippen LogP contribution in [0.4, 0.5) is 0 Å². The van der Waals surface area contributed by atoms with E-state index >= 15 is 0 Å². The molecule has 0 aliphatic rings. The first-order chi connectivity index (χ1) is 6.24. The minimum atomic E-state index is 0.243. The number of hydrogen-bond acceptors (Lipinski definition) is 1. The van der Waals surface area contributed by atoms with Crippen LogP contribution < -0.4 is 0 Å². The molecule has 1 aromatic rings. The number of benzene rings is 1. The lowest BCUT2D eigenvalue weighted by molar-refractivity contribution is 0.182. The maximum absolute atomic E-state index is 5.59. The molecule has 0 radical (unpaired) electrons.